The van der Waals surface area contributed by atoms with Gasteiger partial charge in [0.1, 0.15) is 13.7 Å². The van der Waals surface area contributed by atoms with Crippen molar-refractivity contribution in [1.82, 2.24) is 24.8 Å². The molecule has 1 aliphatic carbocycles. The minimum absolute atomic E-state index is 0.0159. The third-order valence-corrected chi connectivity index (χ3v) is 17.1. The molecule has 1 saturated carbocycles. The highest BCUT2D eigenvalue weighted by Crippen LogP contribution is 2.41. The molecule has 1 aliphatic heterocycles. The molecule has 9 nitrogen and oxygen atoms in total. The van der Waals surface area contributed by atoms with Gasteiger partial charge in [-0.15, -0.1) is 5.54 Å². The Morgan fingerprint density at radius 3 is 2.17 bits per heavy atom. The van der Waals surface area contributed by atoms with E-state index in [0.29, 0.717) is 40.2 Å². The Hall–Kier alpha value is -3.68. The topological polar surface area (TPSA) is 95.4 Å². The van der Waals surface area contributed by atoms with Crippen molar-refractivity contribution in [3.8, 4) is 11.5 Å². The first-order chi connectivity index (χ1) is 22.9. The van der Waals surface area contributed by atoms with Crippen LogP contribution in [0.2, 0.25) is 16.6 Å². The first kappa shape index (κ1) is 35.6. The average Bonchev–Trinajstić information content (AvgIpc) is 3.05. The molecule has 3 heterocycles. The van der Waals surface area contributed by atoms with E-state index in [4.69, 9.17) is 9.97 Å². The normalized spacial score (nSPS) is 19.1. The summed E-state index contributed by atoms with van der Waals surface area (Å²) in [5, 5.41) is 7.34. The van der Waals surface area contributed by atoms with Gasteiger partial charge < -0.3 is 20.4 Å². The molecule has 2 aliphatic rings. The number of pyridine rings is 1. The van der Waals surface area contributed by atoms with Gasteiger partial charge in [0.15, 0.2) is 0 Å². The molecule has 1 aromatic carbocycles. The van der Waals surface area contributed by atoms with Crippen LogP contribution in [0.3, 0.4) is 0 Å². The van der Waals surface area contributed by atoms with Crippen molar-refractivity contribution in [2.45, 2.75) is 109 Å². The van der Waals surface area contributed by atoms with Crippen LogP contribution in [0.15, 0.2) is 41.3 Å². The van der Waals surface area contributed by atoms with Crippen molar-refractivity contribution in [3.63, 3.8) is 0 Å². The highest BCUT2D eigenvalue weighted by atomic mass is 28.3. The smallest absolute Gasteiger partial charge is 0.253 e. The maximum absolute atomic E-state index is 14.0. The molecule has 1 saturated heterocycles. The van der Waals surface area contributed by atoms with Crippen LogP contribution in [0.4, 0.5) is 17.3 Å². The zero-order chi connectivity index (χ0) is 34.6. The molecule has 2 aromatic heterocycles. The van der Waals surface area contributed by atoms with Crippen LogP contribution in [0.1, 0.15) is 92.2 Å². The highest BCUT2D eigenvalue weighted by Gasteiger charge is 2.41. The van der Waals surface area contributed by atoms with Gasteiger partial charge in [0, 0.05) is 73.9 Å². The maximum atomic E-state index is 14.0. The number of likely N-dealkylation sites (N-methyl/N-ethyl adjacent to an activating group) is 1. The number of carbonyl (C=O) groups excluding carboxylic acids is 1. The average molecular weight is 670 g/mol. The van der Waals surface area contributed by atoms with Crippen molar-refractivity contribution in [2.24, 2.45) is 0 Å². The van der Waals surface area contributed by atoms with Crippen molar-refractivity contribution in [3.05, 3.63) is 52.4 Å². The van der Waals surface area contributed by atoms with E-state index in [9.17, 15) is 9.59 Å². The van der Waals surface area contributed by atoms with Crippen molar-refractivity contribution < 1.29 is 4.79 Å². The Labute approximate surface area is 287 Å². The summed E-state index contributed by atoms with van der Waals surface area (Å²) in [6, 6.07) is 10.2. The summed E-state index contributed by atoms with van der Waals surface area (Å²) in [6.07, 6.45) is 5.55. The Morgan fingerprint density at radius 2 is 1.58 bits per heavy atom. The Bertz CT molecular complexity index is 1670. The largest absolute Gasteiger partial charge is 0.369 e. The van der Waals surface area contributed by atoms with E-state index in [1.165, 1.54) is 5.69 Å². The van der Waals surface area contributed by atoms with Crippen LogP contribution in [-0.2, 0) is 4.79 Å². The van der Waals surface area contributed by atoms with Crippen LogP contribution in [-0.4, -0.2) is 72.7 Å². The van der Waals surface area contributed by atoms with Crippen LogP contribution < -0.4 is 21.1 Å². The lowest BCUT2D eigenvalue weighted by molar-refractivity contribution is -0.121. The van der Waals surface area contributed by atoms with E-state index in [1.807, 2.05) is 17.7 Å². The van der Waals surface area contributed by atoms with Crippen LogP contribution in [0.25, 0.3) is 11.0 Å². The molecular formula is C38H55N7O2Si. The van der Waals surface area contributed by atoms with E-state index in [-0.39, 0.29) is 23.6 Å². The summed E-state index contributed by atoms with van der Waals surface area (Å²) in [6.45, 7) is 19.8. The van der Waals surface area contributed by atoms with Crippen molar-refractivity contribution in [1.29, 1.82) is 0 Å². The zero-order valence-corrected chi connectivity index (χ0v) is 31.3. The molecule has 0 spiro atoms. The first-order valence-electron chi connectivity index (χ1n) is 18.0. The summed E-state index contributed by atoms with van der Waals surface area (Å²) in [5.41, 5.74) is 8.59. The Morgan fingerprint density at radius 1 is 0.958 bits per heavy atom. The summed E-state index contributed by atoms with van der Waals surface area (Å²) < 4.78 is 1.86. The number of nitrogens with zero attached hydrogens (tertiary/aromatic N) is 5. The lowest BCUT2D eigenvalue weighted by atomic mass is 9.90. The number of carbonyl (C=O) groups is 1. The minimum Gasteiger partial charge on any atom is -0.369 e. The number of benzene rings is 1. The van der Waals surface area contributed by atoms with Gasteiger partial charge in [-0.3, -0.25) is 14.2 Å². The van der Waals surface area contributed by atoms with Crippen LogP contribution in [0.5, 0.6) is 0 Å². The van der Waals surface area contributed by atoms with Gasteiger partial charge in [-0.05, 0) is 73.6 Å². The fraction of sp³-hybridized carbons (Fsp3) is 0.579. The van der Waals surface area contributed by atoms with Gasteiger partial charge in [-0.2, -0.15) is 4.98 Å². The lowest BCUT2D eigenvalue weighted by Crippen LogP contribution is -2.44. The van der Waals surface area contributed by atoms with Crippen LogP contribution in [0, 0.1) is 11.5 Å². The number of hydrogen-bond donors (Lipinski definition) is 2. The first-order valence-corrected chi connectivity index (χ1v) is 20.2. The van der Waals surface area contributed by atoms with E-state index < -0.39 is 8.07 Å². The molecule has 0 atom stereocenters. The van der Waals surface area contributed by atoms with Gasteiger partial charge in [-0.25, -0.2) is 4.98 Å². The highest BCUT2D eigenvalue weighted by molar-refractivity contribution is 6.90. The number of hydrogen-bond acceptors (Lipinski definition) is 7. The Kier molecular flexibility index (Phi) is 11.3. The second-order valence-electron chi connectivity index (χ2n) is 14.7. The second-order valence-corrected chi connectivity index (χ2v) is 20.3. The maximum Gasteiger partial charge on any atom is 0.253 e. The molecule has 2 fully saturated rings. The molecule has 0 unspecified atom stereocenters. The van der Waals surface area contributed by atoms with Crippen molar-refractivity contribution >= 4 is 42.3 Å². The third kappa shape index (κ3) is 7.63. The molecule has 0 radical (unpaired) electrons. The quantitative estimate of drug-likeness (QED) is 0.190. The molecule has 0 bridgehead atoms. The molecule has 1 amide bonds. The Balaban J connectivity index is 1.52. The SMILES string of the molecule is CCC(=O)NC1CCC(n2c(=O)cc(C#C[Si](C(C)C)(C(C)C)C(C)C)c3cnc(Nc4ccc(N5CCN(C)CC5)cc4)nc32)CC1. The summed E-state index contributed by atoms with van der Waals surface area (Å²) in [7, 11) is 0.134. The second kappa shape index (κ2) is 15.3. The standard InChI is InChI=1S/C38H55N7O2Si/c1-9-35(46)40-30-12-16-33(17-13-30)45-36(47)24-29(18-23-48(26(2)3,27(4)5)28(6)7)34-25-39-38(42-37(34)45)41-31-10-14-32(15-11-31)44-21-19-43(8)20-22-44/h10-11,14-15,24-28,30,33H,9,12-13,16-17,19-22H2,1-8H3,(H,40,46)(H,39,41,42). The van der Waals surface area contributed by atoms with Gasteiger partial charge in [-0.1, -0.05) is 54.4 Å². The van der Waals surface area contributed by atoms with E-state index in [0.717, 1.165) is 62.9 Å². The van der Waals surface area contributed by atoms with E-state index in [1.54, 1.807) is 6.07 Å². The zero-order valence-electron chi connectivity index (χ0n) is 30.3. The number of fused-ring (bicyclic) bond motifs is 1. The predicted octanol–water partition coefficient (Wildman–Crippen LogP) is 6.87. The number of anilines is 3. The van der Waals surface area contributed by atoms with Gasteiger partial charge >= 0.3 is 0 Å². The molecule has 3 aromatic rings. The van der Waals surface area contributed by atoms with Gasteiger partial charge in [0.2, 0.25) is 11.9 Å². The van der Waals surface area contributed by atoms with E-state index >= 15 is 0 Å². The summed E-state index contributed by atoms with van der Waals surface area (Å²) >= 11 is 0. The van der Waals surface area contributed by atoms with Crippen molar-refractivity contribution in [2.75, 3.05) is 43.4 Å². The summed E-state index contributed by atoms with van der Waals surface area (Å²) in [4.78, 5) is 40.6. The number of nitrogens with one attached hydrogen (secondary N) is 2. The number of piperazine rings is 1. The fourth-order valence-corrected chi connectivity index (χ4v) is 13.2. The van der Waals surface area contributed by atoms with Gasteiger partial charge in [0.05, 0.1) is 5.39 Å². The predicted molar refractivity (Wildman–Crippen MR) is 201 cm³/mol. The monoisotopic (exact) mass is 669 g/mol. The molecule has 5 rings (SSSR count). The summed E-state index contributed by atoms with van der Waals surface area (Å²) in [5.74, 6) is 4.06. The number of amides is 1. The van der Waals surface area contributed by atoms with Gasteiger partial charge in [0.25, 0.3) is 5.56 Å². The minimum atomic E-state index is -2.03. The third-order valence-electron chi connectivity index (χ3n) is 10.8. The lowest BCUT2D eigenvalue weighted by Gasteiger charge is -2.38. The van der Waals surface area contributed by atoms with E-state index in [2.05, 4.69) is 105 Å². The number of aromatic nitrogens is 3. The van der Waals surface area contributed by atoms with Crippen LogP contribution >= 0.6 is 0 Å². The molecule has 48 heavy (non-hydrogen) atoms. The molecule has 2 N–H and O–H groups in total. The molecular weight excluding hydrogens is 615 g/mol. The fourth-order valence-electron chi connectivity index (χ4n) is 8.00. The molecule has 258 valence electrons. The molecule has 10 heteroatoms. The number of rotatable bonds is 9.